The average molecular weight is 615 g/mol. The number of hydrogen-bond acceptors (Lipinski definition) is 9. The lowest BCUT2D eigenvalue weighted by molar-refractivity contribution is -0.183. The molecule has 2 aliphatic carbocycles. The molecular formula is C32H42N2O10. The Kier molecular flexibility index (Phi) is 12.4. The summed E-state index contributed by atoms with van der Waals surface area (Å²) in [6, 6.07) is 19.4. The van der Waals surface area contributed by atoms with E-state index in [0.29, 0.717) is 26.2 Å². The molecule has 0 spiro atoms. The Labute approximate surface area is 257 Å². The van der Waals surface area contributed by atoms with E-state index in [1.54, 1.807) is 6.92 Å². The van der Waals surface area contributed by atoms with Crippen LogP contribution in [0.2, 0.25) is 0 Å². The summed E-state index contributed by atoms with van der Waals surface area (Å²) >= 11 is 0. The Morgan fingerprint density at radius 2 is 1.16 bits per heavy atom. The Morgan fingerprint density at radius 1 is 0.750 bits per heavy atom. The molecule has 2 amide bonds. The molecule has 12 nitrogen and oxygen atoms in total. The molecule has 4 rings (SSSR count). The number of hydrogen-bond donors (Lipinski definition) is 1. The van der Waals surface area contributed by atoms with Crippen molar-refractivity contribution >= 4 is 23.8 Å². The molecule has 0 aromatic heterocycles. The molecule has 0 saturated heterocycles. The molecule has 0 bridgehead atoms. The van der Waals surface area contributed by atoms with Gasteiger partial charge in [0.2, 0.25) is 0 Å². The Morgan fingerprint density at radius 3 is 1.57 bits per heavy atom. The highest BCUT2D eigenvalue weighted by Gasteiger charge is 2.68. The standard InChI is InChI=1S/C17H23NO5.C15H19NO5/c1-4-23-16(20)17(15(19)18(2)21-3)10-14(17)12-22-11-13-8-6-5-7-9-13;1-16(20-2)13(17)15(14(18)19)8-12(15)10-21-9-11-6-4-3-5-7-11/h5-9,14H,4,10-12H2,1-3H3;3-7,12H,8-10H2,1-2H3,(H,18,19)/t14-,17-;12-,15-/m11/s1. The van der Waals surface area contributed by atoms with Crippen LogP contribution in [0.3, 0.4) is 0 Å². The van der Waals surface area contributed by atoms with Gasteiger partial charge in [-0.2, -0.15) is 0 Å². The predicted octanol–water partition coefficient (Wildman–Crippen LogP) is 3.11. The number of carbonyl (C=O) groups excluding carboxylic acids is 3. The fraction of sp³-hybridized carbons (Fsp3) is 0.500. The van der Waals surface area contributed by atoms with Crippen LogP contribution in [-0.4, -0.2) is 87.1 Å². The van der Waals surface area contributed by atoms with Crippen LogP contribution < -0.4 is 0 Å². The molecule has 2 aliphatic rings. The summed E-state index contributed by atoms with van der Waals surface area (Å²) in [5, 5.41) is 11.4. The van der Waals surface area contributed by atoms with Gasteiger partial charge in [-0.15, -0.1) is 0 Å². The number of amides is 2. The number of esters is 1. The molecule has 12 heteroatoms. The normalized spacial score (nSPS) is 23.0. The molecule has 2 fully saturated rings. The Hall–Kier alpha value is -3.84. The minimum Gasteiger partial charge on any atom is -0.480 e. The molecule has 2 aromatic rings. The molecule has 2 aromatic carbocycles. The fourth-order valence-corrected chi connectivity index (χ4v) is 5.05. The van der Waals surface area contributed by atoms with E-state index in [1.807, 2.05) is 60.7 Å². The van der Waals surface area contributed by atoms with E-state index in [-0.39, 0.29) is 37.4 Å². The van der Waals surface area contributed by atoms with Gasteiger partial charge in [-0.25, -0.2) is 10.1 Å². The monoisotopic (exact) mass is 614 g/mol. The number of hydroxylamine groups is 4. The van der Waals surface area contributed by atoms with Gasteiger partial charge in [-0.3, -0.25) is 28.9 Å². The van der Waals surface area contributed by atoms with Crippen molar-refractivity contribution in [3.05, 3.63) is 71.8 Å². The summed E-state index contributed by atoms with van der Waals surface area (Å²) in [7, 11) is 5.62. The lowest BCUT2D eigenvalue weighted by Crippen LogP contribution is -2.40. The summed E-state index contributed by atoms with van der Waals surface area (Å²) in [6.45, 7) is 3.38. The molecule has 2 saturated carbocycles. The van der Waals surface area contributed by atoms with Crippen molar-refractivity contribution in [1.29, 1.82) is 0 Å². The van der Waals surface area contributed by atoms with E-state index in [4.69, 9.17) is 23.9 Å². The molecular weight excluding hydrogens is 572 g/mol. The van der Waals surface area contributed by atoms with E-state index in [0.717, 1.165) is 21.3 Å². The van der Waals surface area contributed by atoms with E-state index in [1.165, 1.54) is 28.3 Å². The number of ether oxygens (including phenoxy) is 3. The van der Waals surface area contributed by atoms with Gasteiger partial charge in [0.1, 0.15) is 0 Å². The summed E-state index contributed by atoms with van der Waals surface area (Å²) in [6.07, 6.45) is 0.705. The zero-order valence-electron chi connectivity index (χ0n) is 25.9. The van der Waals surface area contributed by atoms with Gasteiger partial charge in [0.15, 0.2) is 10.8 Å². The third-order valence-electron chi connectivity index (χ3n) is 7.98. The fourth-order valence-electron chi connectivity index (χ4n) is 5.05. The molecule has 44 heavy (non-hydrogen) atoms. The molecule has 0 aliphatic heterocycles. The van der Waals surface area contributed by atoms with Crippen LogP contribution in [-0.2, 0) is 56.3 Å². The maximum Gasteiger partial charge on any atom is 0.322 e. The second-order valence-electron chi connectivity index (χ2n) is 10.7. The smallest absolute Gasteiger partial charge is 0.322 e. The van der Waals surface area contributed by atoms with Gasteiger partial charge in [-0.05, 0) is 30.9 Å². The predicted molar refractivity (Wildman–Crippen MR) is 157 cm³/mol. The maximum absolute atomic E-state index is 12.5. The van der Waals surface area contributed by atoms with Crippen LogP contribution in [0.5, 0.6) is 0 Å². The zero-order chi connectivity index (χ0) is 32.3. The first-order chi connectivity index (χ1) is 21.1. The van der Waals surface area contributed by atoms with Crippen LogP contribution in [0.1, 0.15) is 30.9 Å². The Bertz CT molecular complexity index is 1260. The SMILES string of the molecule is CCOC(=O)[C@]1(C(=O)N(C)OC)C[C@@H]1COCc1ccccc1.CON(C)C(=O)[C@@]1(C(=O)O)C[C@@H]1COCc1ccccc1. The van der Waals surface area contributed by atoms with Gasteiger partial charge >= 0.3 is 11.9 Å². The number of carbonyl (C=O) groups is 4. The van der Waals surface area contributed by atoms with Crippen LogP contribution in [0.25, 0.3) is 0 Å². The molecule has 0 unspecified atom stereocenters. The van der Waals surface area contributed by atoms with Crippen molar-refractivity contribution in [3.8, 4) is 0 Å². The van der Waals surface area contributed by atoms with Crippen LogP contribution in [0.15, 0.2) is 60.7 Å². The quantitative estimate of drug-likeness (QED) is 0.181. The largest absolute Gasteiger partial charge is 0.480 e. The number of nitrogens with zero attached hydrogens (tertiary/aromatic N) is 2. The summed E-state index contributed by atoms with van der Waals surface area (Å²) < 4.78 is 16.3. The van der Waals surface area contributed by atoms with Gasteiger partial charge in [-0.1, -0.05) is 60.7 Å². The second-order valence-corrected chi connectivity index (χ2v) is 10.7. The van der Waals surface area contributed by atoms with Gasteiger partial charge in [0.25, 0.3) is 11.8 Å². The lowest BCUT2D eigenvalue weighted by atomic mass is 10.0. The maximum atomic E-state index is 12.5. The van der Waals surface area contributed by atoms with E-state index in [2.05, 4.69) is 0 Å². The van der Waals surface area contributed by atoms with Crippen LogP contribution >= 0.6 is 0 Å². The molecule has 1 N–H and O–H groups in total. The van der Waals surface area contributed by atoms with Crippen molar-refractivity contribution in [2.75, 3.05) is 48.1 Å². The highest BCUT2D eigenvalue weighted by atomic mass is 16.7. The average Bonchev–Trinajstić information content (AvgIpc) is 3.96. The van der Waals surface area contributed by atoms with E-state index < -0.39 is 28.7 Å². The van der Waals surface area contributed by atoms with Gasteiger partial charge in [0, 0.05) is 25.9 Å². The second kappa shape index (κ2) is 15.8. The third kappa shape index (κ3) is 8.00. The van der Waals surface area contributed by atoms with Crippen molar-refractivity contribution in [2.24, 2.45) is 22.7 Å². The van der Waals surface area contributed by atoms with Crippen LogP contribution in [0, 0.1) is 22.7 Å². The summed E-state index contributed by atoms with van der Waals surface area (Å²) in [4.78, 5) is 58.0. The van der Waals surface area contributed by atoms with Crippen LogP contribution in [0.4, 0.5) is 0 Å². The molecule has 0 radical (unpaired) electrons. The van der Waals surface area contributed by atoms with Gasteiger partial charge in [0.05, 0.1) is 47.3 Å². The van der Waals surface area contributed by atoms with Crippen molar-refractivity contribution in [3.63, 3.8) is 0 Å². The number of benzene rings is 2. The number of carboxylic acids is 1. The molecule has 240 valence electrons. The minimum atomic E-state index is -1.40. The van der Waals surface area contributed by atoms with Gasteiger partial charge < -0.3 is 19.3 Å². The first-order valence-electron chi connectivity index (χ1n) is 14.4. The molecule has 4 atom stereocenters. The van der Waals surface area contributed by atoms with E-state index in [9.17, 15) is 24.3 Å². The number of aliphatic carboxylic acids is 1. The van der Waals surface area contributed by atoms with Crippen molar-refractivity contribution in [1.82, 2.24) is 10.1 Å². The minimum absolute atomic E-state index is 0.185. The van der Waals surface area contributed by atoms with Crippen molar-refractivity contribution in [2.45, 2.75) is 33.0 Å². The number of rotatable bonds is 15. The molecule has 0 heterocycles. The summed E-state index contributed by atoms with van der Waals surface area (Å²) in [5.41, 5.74) is -0.506. The third-order valence-corrected chi connectivity index (χ3v) is 7.98. The first-order valence-corrected chi connectivity index (χ1v) is 14.4. The van der Waals surface area contributed by atoms with E-state index >= 15 is 0 Å². The Balaban J connectivity index is 0.000000241. The zero-order valence-corrected chi connectivity index (χ0v) is 25.9. The highest BCUT2D eigenvalue weighted by Crippen LogP contribution is 2.55. The first kappa shape index (κ1) is 34.6. The summed E-state index contributed by atoms with van der Waals surface area (Å²) in [5.74, 6) is -3.04. The highest BCUT2D eigenvalue weighted by molar-refractivity contribution is 6.06. The van der Waals surface area contributed by atoms with Crippen molar-refractivity contribution < 1.29 is 48.2 Å². The topological polar surface area (TPSA) is 141 Å². The lowest BCUT2D eigenvalue weighted by Gasteiger charge is -2.21. The number of carboxylic acid groups (broad SMARTS) is 1.